The van der Waals surface area contributed by atoms with Crippen molar-refractivity contribution in [2.24, 2.45) is 0 Å². The molecule has 1 saturated heterocycles. The number of carbonyl (C=O) groups excluding carboxylic acids is 1. The summed E-state index contributed by atoms with van der Waals surface area (Å²) in [7, 11) is -2.18. The molecule has 0 spiro atoms. The molecule has 0 radical (unpaired) electrons. The van der Waals surface area contributed by atoms with Gasteiger partial charge in [0.2, 0.25) is 0 Å². The van der Waals surface area contributed by atoms with Gasteiger partial charge in [-0.05, 0) is 0 Å². The SMILES string of the molecule is COC(=O)CCNS(=O)(=O)N1CCNCC1. The summed E-state index contributed by atoms with van der Waals surface area (Å²) >= 11 is 0. The monoisotopic (exact) mass is 251 g/mol. The fraction of sp³-hybridized carbons (Fsp3) is 0.875. The van der Waals surface area contributed by atoms with Gasteiger partial charge in [0, 0.05) is 32.7 Å². The average molecular weight is 251 g/mol. The maximum absolute atomic E-state index is 11.7. The zero-order valence-electron chi connectivity index (χ0n) is 9.23. The number of nitrogens with one attached hydrogen (secondary N) is 2. The molecular weight excluding hydrogens is 234 g/mol. The van der Waals surface area contributed by atoms with Crippen molar-refractivity contribution in [2.75, 3.05) is 39.8 Å². The second-order valence-corrected chi connectivity index (χ2v) is 5.13. The van der Waals surface area contributed by atoms with Crippen molar-refractivity contribution in [3.8, 4) is 0 Å². The van der Waals surface area contributed by atoms with Gasteiger partial charge >= 0.3 is 5.97 Å². The highest BCUT2D eigenvalue weighted by molar-refractivity contribution is 7.87. The second-order valence-electron chi connectivity index (χ2n) is 3.37. The van der Waals surface area contributed by atoms with Crippen LogP contribution in [0.1, 0.15) is 6.42 Å². The first-order chi connectivity index (χ1) is 7.56. The molecular formula is C8H17N3O4S. The van der Waals surface area contributed by atoms with E-state index in [0.717, 1.165) is 0 Å². The molecule has 0 aromatic rings. The van der Waals surface area contributed by atoms with Crippen LogP contribution in [0, 0.1) is 0 Å². The van der Waals surface area contributed by atoms with Gasteiger partial charge in [-0.1, -0.05) is 0 Å². The molecule has 0 aromatic heterocycles. The van der Waals surface area contributed by atoms with Crippen LogP contribution in [0.2, 0.25) is 0 Å². The van der Waals surface area contributed by atoms with E-state index in [0.29, 0.717) is 26.2 Å². The van der Waals surface area contributed by atoms with Crippen LogP contribution in [0.4, 0.5) is 0 Å². The van der Waals surface area contributed by atoms with E-state index in [1.807, 2.05) is 0 Å². The zero-order valence-corrected chi connectivity index (χ0v) is 10.0. The molecule has 1 aliphatic heterocycles. The topological polar surface area (TPSA) is 87.7 Å². The Bertz CT molecular complexity index is 324. The van der Waals surface area contributed by atoms with Crippen molar-refractivity contribution >= 4 is 16.2 Å². The van der Waals surface area contributed by atoms with Crippen LogP contribution in [-0.2, 0) is 19.7 Å². The number of esters is 1. The minimum Gasteiger partial charge on any atom is -0.469 e. The molecule has 1 fully saturated rings. The lowest BCUT2D eigenvalue weighted by Gasteiger charge is -2.26. The van der Waals surface area contributed by atoms with E-state index in [4.69, 9.17) is 0 Å². The molecule has 8 heteroatoms. The molecule has 0 aromatic carbocycles. The van der Waals surface area contributed by atoms with Crippen molar-refractivity contribution in [3.05, 3.63) is 0 Å². The lowest BCUT2D eigenvalue weighted by molar-refractivity contribution is -0.140. The quantitative estimate of drug-likeness (QED) is 0.568. The second kappa shape index (κ2) is 6.14. The Hall–Kier alpha value is -0.700. The standard InChI is InChI=1S/C8H17N3O4S/c1-15-8(12)2-3-10-16(13,14)11-6-4-9-5-7-11/h9-10H,2-7H2,1H3. The van der Waals surface area contributed by atoms with Gasteiger partial charge in [0.05, 0.1) is 13.5 Å². The van der Waals surface area contributed by atoms with Crippen molar-refractivity contribution in [2.45, 2.75) is 6.42 Å². The highest BCUT2D eigenvalue weighted by Crippen LogP contribution is 1.99. The van der Waals surface area contributed by atoms with Gasteiger partial charge in [0.1, 0.15) is 0 Å². The van der Waals surface area contributed by atoms with Gasteiger partial charge < -0.3 is 10.1 Å². The number of ether oxygens (including phenoxy) is 1. The molecule has 0 bridgehead atoms. The number of methoxy groups -OCH3 is 1. The Morgan fingerprint density at radius 3 is 2.62 bits per heavy atom. The molecule has 0 amide bonds. The lowest BCUT2D eigenvalue weighted by atomic mass is 10.4. The van der Waals surface area contributed by atoms with E-state index < -0.39 is 16.2 Å². The van der Waals surface area contributed by atoms with Crippen molar-refractivity contribution < 1.29 is 17.9 Å². The lowest BCUT2D eigenvalue weighted by Crippen LogP contribution is -2.50. The highest BCUT2D eigenvalue weighted by atomic mass is 32.2. The van der Waals surface area contributed by atoms with Gasteiger partial charge in [-0.3, -0.25) is 4.79 Å². The number of nitrogens with zero attached hydrogens (tertiary/aromatic N) is 1. The minimum absolute atomic E-state index is 0.0435. The van der Waals surface area contributed by atoms with Gasteiger partial charge in [-0.25, -0.2) is 4.72 Å². The molecule has 0 atom stereocenters. The predicted octanol–water partition coefficient (Wildman–Crippen LogP) is -1.71. The third-order valence-corrected chi connectivity index (χ3v) is 3.87. The molecule has 2 N–H and O–H groups in total. The first-order valence-corrected chi connectivity index (χ1v) is 6.52. The summed E-state index contributed by atoms with van der Waals surface area (Å²) in [5.41, 5.74) is 0. The fourth-order valence-corrected chi connectivity index (χ4v) is 2.57. The molecule has 94 valence electrons. The summed E-state index contributed by atoms with van der Waals surface area (Å²) in [6.07, 6.45) is 0.0435. The highest BCUT2D eigenvalue weighted by Gasteiger charge is 2.23. The number of rotatable bonds is 5. The summed E-state index contributed by atoms with van der Waals surface area (Å²) in [4.78, 5) is 10.8. The molecule has 0 saturated carbocycles. The summed E-state index contributed by atoms with van der Waals surface area (Å²) in [6.45, 7) is 2.27. The van der Waals surface area contributed by atoms with E-state index in [2.05, 4.69) is 14.8 Å². The average Bonchev–Trinajstić information content (AvgIpc) is 2.30. The smallest absolute Gasteiger partial charge is 0.306 e. The van der Waals surface area contributed by atoms with Crippen LogP contribution in [0.25, 0.3) is 0 Å². The first kappa shape index (κ1) is 13.4. The number of carbonyl (C=O) groups is 1. The van der Waals surface area contributed by atoms with Crippen LogP contribution in [0.15, 0.2) is 0 Å². The van der Waals surface area contributed by atoms with Gasteiger partial charge in [0.25, 0.3) is 10.2 Å². The maximum atomic E-state index is 11.7. The summed E-state index contributed by atoms with van der Waals surface area (Å²) in [6, 6.07) is 0. The molecule has 0 aliphatic carbocycles. The molecule has 16 heavy (non-hydrogen) atoms. The molecule has 1 rings (SSSR count). The van der Waals surface area contributed by atoms with Crippen LogP contribution < -0.4 is 10.0 Å². The Balaban J connectivity index is 2.36. The minimum atomic E-state index is -3.45. The van der Waals surface area contributed by atoms with E-state index in [-0.39, 0.29) is 13.0 Å². The third-order valence-electron chi connectivity index (χ3n) is 2.26. The molecule has 1 heterocycles. The van der Waals surface area contributed by atoms with Crippen LogP contribution in [-0.4, -0.2) is 58.5 Å². The third kappa shape index (κ3) is 4.05. The predicted molar refractivity (Wildman–Crippen MR) is 58.0 cm³/mol. The zero-order chi connectivity index (χ0) is 12.0. The number of piperazine rings is 1. The Morgan fingerprint density at radius 1 is 1.44 bits per heavy atom. The molecule has 1 aliphatic rings. The van der Waals surface area contributed by atoms with E-state index in [9.17, 15) is 13.2 Å². The van der Waals surface area contributed by atoms with Crippen LogP contribution in [0.3, 0.4) is 0 Å². The van der Waals surface area contributed by atoms with Crippen LogP contribution >= 0.6 is 0 Å². The van der Waals surface area contributed by atoms with E-state index in [1.54, 1.807) is 0 Å². The van der Waals surface area contributed by atoms with Crippen molar-refractivity contribution in [1.82, 2.24) is 14.3 Å². The Labute approximate surface area is 95.3 Å². The maximum Gasteiger partial charge on any atom is 0.306 e. The summed E-state index contributed by atoms with van der Waals surface area (Å²) in [5.74, 6) is -0.428. The van der Waals surface area contributed by atoms with Crippen molar-refractivity contribution in [3.63, 3.8) is 0 Å². The molecule has 7 nitrogen and oxygen atoms in total. The largest absolute Gasteiger partial charge is 0.469 e. The normalized spacial score (nSPS) is 18.3. The summed E-state index contributed by atoms with van der Waals surface area (Å²) < 4.78 is 31.5. The molecule has 0 unspecified atom stereocenters. The first-order valence-electron chi connectivity index (χ1n) is 5.08. The number of hydrogen-bond donors (Lipinski definition) is 2. The van der Waals surface area contributed by atoms with Gasteiger partial charge in [0.15, 0.2) is 0 Å². The van der Waals surface area contributed by atoms with Gasteiger partial charge in [-0.15, -0.1) is 0 Å². The van der Waals surface area contributed by atoms with E-state index in [1.165, 1.54) is 11.4 Å². The fourth-order valence-electron chi connectivity index (χ4n) is 1.36. The number of hydrogen-bond acceptors (Lipinski definition) is 5. The summed E-state index contributed by atoms with van der Waals surface area (Å²) in [5, 5.41) is 3.06. The van der Waals surface area contributed by atoms with Crippen molar-refractivity contribution in [1.29, 1.82) is 0 Å². The van der Waals surface area contributed by atoms with E-state index >= 15 is 0 Å². The Morgan fingerprint density at radius 2 is 2.06 bits per heavy atom. The van der Waals surface area contributed by atoms with Crippen LogP contribution in [0.5, 0.6) is 0 Å². The van der Waals surface area contributed by atoms with Gasteiger partial charge in [-0.2, -0.15) is 12.7 Å². The Kier molecular flexibility index (Phi) is 5.13.